The molecule has 7 heteroatoms. The monoisotopic (exact) mass is 538 g/mol. The SMILES string of the molecule is CCCN(CCC)CCCN(C)C(=O)Nc1cc(Cl)cc(Cl)c1.N#Cc1cccc(-c2ccccc2)c1. The first-order valence-electron chi connectivity index (χ1n) is 12.6. The number of halogens is 2. The summed E-state index contributed by atoms with van der Waals surface area (Å²) in [6.45, 7) is 8.35. The number of hydrogen-bond acceptors (Lipinski definition) is 3. The van der Waals surface area contributed by atoms with Gasteiger partial charge in [0.15, 0.2) is 0 Å². The lowest BCUT2D eigenvalue weighted by molar-refractivity contribution is 0.214. The van der Waals surface area contributed by atoms with Crippen molar-refractivity contribution in [1.29, 1.82) is 5.26 Å². The quantitative estimate of drug-likeness (QED) is 0.283. The molecule has 0 heterocycles. The summed E-state index contributed by atoms with van der Waals surface area (Å²) in [5.41, 5.74) is 3.54. The van der Waals surface area contributed by atoms with E-state index in [2.05, 4.69) is 30.1 Å². The van der Waals surface area contributed by atoms with Crippen LogP contribution >= 0.6 is 23.2 Å². The highest BCUT2D eigenvalue weighted by molar-refractivity contribution is 6.35. The van der Waals surface area contributed by atoms with Crippen LogP contribution in [0.2, 0.25) is 10.0 Å². The van der Waals surface area contributed by atoms with Gasteiger partial charge in [-0.05, 0) is 80.4 Å². The topological polar surface area (TPSA) is 59.4 Å². The smallest absolute Gasteiger partial charge is 0.321 e. The van der Waals surface area contributed by atoms with Gasteiger partial charge in [0.2, 0.25) is 0 Å². The van der Waals surface area contributed by atoms with E-state index in [0.717, 1.165) is 50.0 Å². The number of nitrogens with one attached hydrogen (secondary N) is 1. The number of hydrogen-bond donors (Lipinski definition) is 1. The van der Waals surface area contributed by atoms with Gasteiger partial charge in [0, 0.05) is 29.3 Å². The van der Waals surface area contributed by atoms with Gasteiger partial charge in [0.25, 0.3) is 0 Å². The van der Waals surface area contributed by atoms with Crippen LogP contribution in [0.15, 0.2) is 72.8 Å². The molecule has 5 nitrogen and oxygen atoms in total. The number of nitriles is 1. The van der Waals surface area contributed by atoms with Gasteiger partial charge < -0.3 is 15.1 Å². The Morgan fingerprint density at radius 1 is 0.838 bits per heavy atom. The number of carbonyl (C=O) groups excluding carboxylic acids is 1. The molecule has 2 amide bonds. The molecule has 1 N–H and O–H groups in total. The molecule has 0 fully saturated rings. The van der Waals surface area contributed by atoms with Gasteiger partial charge in [-0.1, -0.05) is 79.5 Å². The summed E-state index contributed by atoms with van der Waals surface area (Å²) in [6, 6.07) is 24.7. The van der Waals surface area contributed by atoms with Crippen molar-refractivity contribution in [3.8, 4) is 17.2 Å². The predicted molar refractivity (Wildman–Crippen MR) is 156 cm³/mol. The Labute approximate surface area is 231 Å². The number of amides is 2. The van der Waals surface area contributed by atoms with Crippen molar-refractivity contribution in [1.82, 2.24) is 9.80 Å². The minimum absolute atomic E-state index is 0.152. The van der Waals surface area contributed by atoms with Gasteiger partial charge in [-0.25, -0.2) is 4.79 Å². The van der Waals surface area contributed by atoms with Crippen molar-refractivity contribution >= 4 is 34.9 Å². The van der Waals surface area contributed by atoms with E-state index < -0.39 is 0 Å². The first-order valence-corrected chi connectivity index (χ1v) is 13.4. The Kier molecular flexibility index (Phi) is 13.6. The molecule has 0 saturated carbocycles. The maximum absolute atomic E-state index is 12.2. The van der Waals surface area contributed by atoms with Crippen molar-refractivity contribution < 1.29 is 4.79 Å². The molecule has 0 aliphatic rings. The summed E-state index contributed by atoms with van der Waals surface area (Å²) < 4.78 is 0. The second kappa shape index (κ2) is 16.7. The average Bonchev–Trinajstić information content (AvgIpc) is 2.89. The maximum Gasteiger partial charge on any atom is 0.321 e. The molecule has 3 aromatic carbocycles. The van der Waals surface area contributed by atoms with Crippen molar-refractivity contribution in [2.24, 2.45) is 0 Å². The van der Waals surface area contributed by atoms with E-state index in [4.69, 9.17) is 28.5 Å². The van der Waals surface area contributed by atoms with E-state index in [1.54, 1.807) is 30.1 Å². The lowest BCUT2D eigenvalue weighted by atomic mass is 10.0. The third-order valence-corrected chi connectivity index (χ3v) is 6.04. The zero-order chi connectivity index (χ0) is 27.0. The zero-order valence-corrected chi connectivity index (χ0v) is 23.4. The van der Waals surface area contributed by atoms with Gasteiger partial charge in [-0.3, -0.25) is 0 Å². The van der Waals surface area contributed by atoms with Crippen molar-refractivity contribution in [3.05, 3.63) is 88.4 Å². The molecule has 196 valence electrons. The fourth-order valence-electron chi connectivity index (χ4n) is 3.84. The molecule has 3 aromatic rings. The van der Waals surface area contributed by atoms with E-state index in [9.17, 15) is 4.79 Å². The van der Waals surface area contributed by atoms with Crippen LogP contribution in [0.5, 0.6) is 0 Å². The van der Waals surface area contributed by atoms with Gasteiger partial charge in [-0.2, -0.15) is 5.26 Å². The van der Waals surface area contributed by atoms with Crippen molar-refractivity contribution in [2.45, 2.75) is 33.1 Å². The number of carbonyl (C=O) groups is 1. The molecule has 0 radical (unpaired) electrons. The summed E-state index contributed by atoms with van der Waals surface area (Å²) in [5, 5.41) is 12.6. The summed E-state index contributed by atoms with van der Waals surface area (Å²) in [6.07, 6.45) is 3.28. The van der Waals surface area contributed by atoms with E-state index in [-0.39, 0.29) is 6.03 Å². The number of nitrogens with zero attached hydrogens (tertiary/aromatic N) is 3. The lowest BCUT2D eigenvalue weighted by Gasteiger charge is -2.23. The predicted octanol–water partition coefficient (Wildman–Crippen LogP) is 8.19. The number of rotatable bonds is 10. The molecule has 37 heavy (non-hydrogen) atoms. The van der Waals surface area contributed by atoms with Crippen LogP contribution in [0.3, 0.4) is 0 Å². The Morgan fingerprint density at radius 3 is 2.05 bits per heavy atom. The van der Waals surface area contributed by atoms with Gasteiger partial charge in [-0.15, -0.1) is 0 Å². The molecule has 0 aliphatic heterocycles. The Bertz CT molecular complexity index is 1120. The van der Waals surface area contributed by atoms with Crippen LogP contribution in [0.1, 0.15) is 38.7 Å². The fourth-order valence-corrected chi connectivity index (χ4v) is 4.37. The normalized spacial score (nSPS) is 10.3. The van der Waals surface area contributed by atoms with Crippen LogP contribution in [0.4, 0.5) is 10.5 Å². The number of benzene rings is 3. The minimum atomic E-state index is -0.152. The molecular weight excluding hydrogens is 503 g/mol. The molecule has 0 saturated heterocycles. The van der Waals surface area contributed by atoms with E-state index >= 15 is 0 Å². The van der Waals surface area contributed by atoms with E-state index in [1.807, 2.05) is 54.6 Å². The van der Waals surface area contributed by atoms with Gasteiger partial charge >= 0.3 is 6.03 Å². The van der Waals surface area contributed by atoms with E-state index in [0.29, 0.717) is 27.8 Å². The summed E-state index contributed by atoms with van der Waals surface area (Å²) >= 11 is 11.9. The standard InChI is InChI=1S/C17H27Cl2N3O.C13H9N/c1-4-7-22(8-5-2)10-6-9-21(3)17(23)20-16-12-14(18)11-15(19)13-16;14-10-11-5-4-8-13(9-11)12-6-2-1-3-7-12/h11-13H,4-10H2,1-3H3,(H,20,23);1-9H. The van der Waals surface area contributed by atoms with Crippen molar-refractivity contribution in [2.75, 3.05) is 38.5 Å². The van der Waals surface area contributed by atoms with Gasteiger partial charge in [0.1, 0.15) is 0 Å². The Balaban J connectivity index is 0.000000291. The summed E-state index contributed by atoms with van der Waals surface area (Å²) in [7, 11) is 1.80. The number of anilines is 1. The minimum Gasteiger partial charge on any atom is -0.328 e. The summed E-state index contributed by atoms with van der Waals surface area (Å²) in [4.78, 5) is 16.3. The van der Waals surface area contributed by atoms with E-state index in [1.165, 1.54) is 0 Å². The third-order valence-electron chi connectivity index (χ3n) is 5.61. The van der Waals surface area contributed by atoms with Crippen LogP contribution < -0.4 is 5.32 Å². The van der Waals surface area contributed by atoms with Gasteiger partial charge in [0.05, 0.1) is 11.6 Å². The molecule has 0 bridgehead atoms. The first-order chi connectivity index (χ1) is 17.9. The Morgan fingerprint density at radius 2 is 1.46 bits per heavy atom. The Hall–Kier alpha value is -3.04. The molecule has 3 rings (SSSR count). The largest absolute Gasteiger partial charge is 0.328 e. The molecule has 0 unspecified atom stereocenters. The zero-order valence-electron chi connectivity index (χ0n) is 21.9. The highest BCUT2D eigenvalue weighted by Gasteiger charge is 2.10. The highest BCUT2D eigenvalue weighted by Crippen LogP contribution is 2.22. The number of urea groups is 1. The molecular formula is C30H36Cl2N4O. The van der Waals surface area contributed by atoms with Crippen molar-refractivity contribution in [3.63, 3.8) is 0 Å². The van der Waals surface area contributed by atoms with Crippen LogP contribution in [-0.4, -0.2) is 49.1 Å². The molecule has 0 aliphatic carbocycles. The fraction of sp³-hybridized carbons (Fsp3) is 0.333. The van der Waals surface area contributed by atoms with Crippen LogP contribution in [-0.2, 0) is 0 Å². The summed E-state index contributed by atoms with van der Waals surface area (Å²) in [5.74, 6) is 0. The maximum atomic E-state index is 12.2. The highest BCUT2D eigenvalue weighted by atomic mass is 35.5. The lowest BCUT2D eigenvalue weighted by Crippen LogP contribution is -2.34. The second-order valence-electron chi connectivity index (χ2n) is 8.76. The molecule has 0 spiro atoms. The average molecular weight is 540 g/mol. The first kappa shape index (κ1) is 30.2. The van der Waals surface area contributed by atoms with Crippen LogP contribution in [0.25, 0.3) is 11.1 Å². The second-order valence-corrected chi connectivity index (χ2v) is 9.64. The molecule has 0 aromatic heterocycles. The third kappa shape index (κ3) is 11.3. The van der Waals surface area contributed by atoms with Crippen LogP contribution in [0, 0.1) is 11.3 Å². The molecule has 0 atom stereocenters.